The largest absolute Gasteiger partial charge is 0.416 e. The lowest BCUT2D eigenvalue weighted by molar-refractivity contribution is -0.205. The normalized spacial score (nSPS) is 12.9. The summed E-state index contributed by atoms with van der Waals surface area (Å²) in [5.41, 5.74) is 0.496. The molecule has 8 heteroatoms. The van der Waals surface area contributed by atoms with Crippen LogP contribution in [0.2, 0.25) is 0 Å². The van der Waals surface area contributed by atoms with Crippen LogP contribution in [0.15, 0.2) is 18.2 Å². The summed E-state index contributed by atoms with van der Waals surface area (Å²) in [5, 5.41) is 11.0. The maximum Gasteiger partial charge on any atom is 0.416 e. The Bertz CT molecular complexity index is 491. The van der Waals surface area contributed by atoms with Crippen LogP contribution in [0.5, 0.6) is 0 Å². The van der Waals surface area contributed by atoms with E-state index < -0.39 is 30.7 Å². The van der Waals surface area contributed by atoms with Gasteiger partial charge in [-0.15, -0.1) is 0 Å². The van der Waals surface area contributed by atoms with Crippen LogP contribution < -0.4 is 5.32 Å². The summed E-state index contributed by atoms with van der Waals surface area (Å²) < 4.78 is 49.9. The highest BCUT2D eigenvalue weighted by atomic mass is 19.4. The first kappa shape index (κ1) is 16.2. The second kappa shape index (κ2) is 6.08. The predicted octanol–water partition coefficient (Wildman–Crippen LogP) is 2.52. The smallest absolute Gasteiger partial charge is 0.382 e. The number of benzene rings is 1. The molecule has 20 heavy (non-hydrogen) atoms. The number of halogens is 4. The molecule has 0 aliphatic carbocycles. The molecule has 1 aromatic rings. The van der Waals surface area contributed by atoms with Crippen molar-refractivity contribution in [3.63, 3.8) is 0 Å². The molecule has 1 rings (SSSR count). The van der Waals surface area contributed by atoms with Crippen LogP contribution in [0.4, 0.5) is 28.0 Å². The molecule has 112 valence electrons. The minimum absolute atomic E-state index is 0.144. The molecule has 4 nitrogen and oxygen atoms in total. The van der Waals surface area contributed by atoms with Crippen molar-refractivity contribution in [3.8, 4) is 0 Å². The van der Waals surface area contributed by atoms with Crippen molar-refractivity contribution in [2.45, 2.75) is 19.2 Å². The average Bonchev–Trinajstić information content (AvgIpc) is 2.31. The third kappa shape index (κ3) is 4.37. The minimum Gasteiger partial charge on any atom is -0.382 e. The monoisotopic (exact) mass is 294 g/mol. The second-order valence-electron chi connectivity index (χ2n) is 4.35. The number of carbonyl (C=O) groups is 1. The first-order valence-corrected chi connectivity index (χ1v) is 5.64. The zero-order valence-corrected chi connectivity index (χ0v) is 10.8. The van der Waals surface area contributed by atoms with Gasteiger partial charge in [-0.2, -0.15) is 13.2 Å². The molecule has 1 atom stereocenters. The number of rotatable bonds is 3. The first-order chi connectivity index (χ1) is 9.11. The van der Waals surface area contributed by atoms with Gasteiger partial charge in [0.15, 0.2) is 6.10 Å². The lowest BCUT2D eigenvalue weighted by Gasteiger charge is -2.22. The standard InChI is InChI=1S/C12H14F4N2O2/c1-7-3-4-9(8(13)5-7)17-11(20)18(2)6-10(19)12(14,15)16/h3-5,10,19H,6H2,1-2H3,(H,17,20). The topological polar surface area (TPSA) is 52.6 Å². The van der Waals surface area contributed by atoms with Crippen LogP contribution >= 0.6 is 0 Å². The Morgan fingerprint density at radius 2 is 2.05 bits per heavy atom. The van der Waals surface area contributed by atoms with Gasteiger partial charge in [0.05, 0.1) is 12.2 Å². The molecule has 0 aliphatic rings. The molecular weight excluding hydrogens is 280 g/mol. The van der Waals surface area contributed by atoms with Crippen molar-refractivity contribution in [1.29, 1.82) is 0 Å². The average molecular weight is 294 g/mol. The van der Waals surface area contributed by atoms with Crippen LogP contribution in [-0.2, 0) is 0 Å². The molecule has 2 N–H and O–H groups in total. The van der Waals surface area contributed by atoms with Gasteiger partial charge in [0, 0.05) is 7.05 Å². The highest BCUT2D eigenvalue weighted by molar-refractivity contribution is 5.89. The van der Waals surface area contributed by atoms with E-state index in [1.807, 2.05) is 0 Å². The molecule has 0 heterocycles. The van der Waals surface area contributed by atoms with Gasteiger partial charge in [0.1, 0.15) is 5.82 Å². The van der Waals surface area contributed by atoms with Crippen LogP contribution in [0.3, 0.4) is 0 Å². The van der Waals surface area contributed by atoms with Crippen molar-refractivity contribution in [2.24, 2.45) is 0 Å². The number of hydrogen-bond donors (Lipinski definition) is 2. The fourth-order valence-electron chi connectivity index (χ4n) is 1.38. The quantitative estimate of drug-likeness (QED) is 0.842. The van der Waals surface area contributed by atoms with Crippen LogP contribution in [0.25, 0.3) is 0 Å². The number of anilines is 1. The van der Waals surface area contributed by atoms with E-state index in [0.717, 1.165) is 7.05 Å². The number of alkyl halides is 3. The van der Waals surface area contributed by atoms with Gasteiger partial charge in [-0.3, -0.25) is 0 Å². The molecule has 0 aliphatic heterocycles. The Balaban J connectivity index is 2.66. The van der Waals surface area contributed by atoms with Crippen molar-refractivity contribution in [3.05, 3.63) is 29.6 Å². The fraction of sp³-hybridized carbons (Fsp3) is 0.417. The number of aliphatic hydroxyl groups excluding tert-OH is 1. The molecule has 0 radical (unpaired) electrons. The van der Waals surface area contributed by atoms with E-state index in [1.54, 1.807) is 13.0 Å². The maximum atomic E-state index is 13.5. The van der Waals surface area contributed by atoms with E-state index in [4.69, 9.17) is 5.11 Å². The van der Waals surface area contributed by atoms with E-state index in [0.29, 0.717) is 10.5 Å². The number of urea groups is 1. The van der Waals surface area contributed by atoms with Gasteiger partial charge in [-0.25, -0.2) is 9.18 Å². The molecule has 0 saturated heterocycles. The van der Waals surface area contributed by atoms with Gasteiger partial charge in [0.25, 0.3) is 0 Å². The summed E-state index contributed by atoms with van der Waals surface area (Å²) in [6, 6.07) is 3.08. The molecule has 0 saturated carbocycles. The molecule has 1 aromatic carbocycles. The van der Waals surface area contributed by atoms with E-state index >= 15 is 0 Å². The Hall–Kier alpha value is -1.83. The third-order valence-corrected chi connectivity index (χ3v) is 2.54. The third-order valence-electron chi connectivity index (χ3n) is 2.54. The number of amides is 2. The number of hydrogen-bond acceptors (Lipinski definition) is 2. The number of aryl methyl sites for hydroxylation is 1. The van der Waals surface area contributed by atoms with Crippen molar-refractivity contribution in [2.75, 3.05) is 18.9 Å². The Labute approximate surface area is 113 Å². The van der Waals surface area contributed by atoms with Gasteiger partial charge in [0.2, 0.25) is 0 Å². The Morgan fingerprint density at radius 3 is 2.55 bits per heavy atom. The lowest BCUT2D eigenvalue weighted by Crippen LogP contribution is -2.43. The van der Waals surface area contributed by atoms with Crippen molar-refractivity contribution >= 4 is 11.7 Å². The van der Waals surface area contributed by atoms with Gasteiger partial charge < -0.3 is 15.3 Å². The van der Waals surface area contributed by atoms with Crippen LogP contribution in [0.1, 0.15) is 5.56 Å². The second-order valence-corrected chi connectivity index (χ2v) is 4.35. The summed E-state index contributed by atoms with van der Waals surface area (Å²) in [4.78, 5) is 12.2. The molecule has 2 amide bonds. The summed E-state index contributed by atoms with van der Waals surface area (Å²) in [7, 11) is 1.07. The zero-order chi connectivity index (χ0) is 15.5. The predicted molar refractivity (Wildman–Crippen MR) is 64.8 cm³/mol. The van der Waals surface area contributed by atoms with E-state index in [-0.39, 0.29) is 5.69 Å². The van der Waals surface area contributed by atoms with Gasteiger partial charge >= 0.3 is 12.2 Å². The number of carbonyl (C=O) groups excluding carboxylic acids is 1. The fourth-order valence-corrected chi connectivity index (χ4v) is 1.38. The molecule has 1 unspecified atom stereocenters. The van der Waals surface area contributed by atoms with Crippen molar-refractivity contribution < 1.29 is 27.5 Å². The summed E-state index contributed by atoms with van der Waals surface area (Å²) >= 11 is 0. The van der Waals surface area contributed by atoms with E-state index in [1.165, 1.54) is 12.1 Å². The molecule has 0 bridgehead atoms. The maximum absolute atomic E-state index is 13.5. The molecular formula is C12H14F4N2O2. The minimum atomic E-state index is -4.82. The lowest BCUT2D eigenvalue weighted by atomic mass is 10.2. The summed E-state index contributed by atoms with van der Waals surface area (Å²) in [5.74, 6) is -0.692. The van der Waals surface area contributed by atoms with Crippen molar-refractivity contribution in [1.82, 2.24) is 4.90 Å². The molecule has 0 fully saturated rings. The zero-order valence-electron chi connectivity index (χ0n) is 10.8. The van der Waals surface area contributed by atoms with Gasteiger partial charge in [-0.1, -0.05) is 6.07 Å². The summed E-state index contributed by atoms with van der Waals surface area (Å²) in [6.07, 6.45) is -7.47. The number of aliphatic hydroxyl groups is 1. The van der Waals surface area contributed by atoms with Gasteiger partial charge in [-0.05, 0) is 24.6 Å². The van der Waals surface area contributed by atoms with Crippen LogP contribution in [-0.4, -0.2) is 41.9 Å². The highest BCUT2D eigenvalue weighted by Gasteiger charge is 2.39. The Kier molecular flexibility index (Phi) is 4.93. The number of likely N-dealkylation sites (N-methyl/N-ethyl adjacent to an activating group) is 1. The highest BCUT2D eigenvalue weighted by Crippen LogP contribution is 2.21. The van der Waals surface area contributed by atoms with Crippen LogP contribution in [0, 0.1) is 12.7 Å². The molecule has 0 aromatic heterocycles. The SMILES string of the molecule is Cc1ccc(NC(=O)N(C)CC(O)C(F)(F)F)c(F)c1. The molecule has 0 spiro atoms. The van der Waals surface area contributed by atoms with E-state index in [9.17, 15) is 22.4 Å². The van der Waals surface area contributed by atoms with E-state index in [2.05, 4.69) is 5.32 Å². The summed E-state index contributed by atoms with van der Waals surface area (Å²) in [6.45, 7) is 0.712. The number of nitrogens with zero attached hydrogens (tertiary/aromatic N) is 1. The number of nitrogens with one attached hydrogen (secondary N) is 1. The Morgan fingerprint density at radius 1 is 1.45 bits per heavy atom. The first-order valence-electron chi connectivity index (χ1n) is 5.64.